The number of hydrogen-bond acceptors (Lipinski definition) is 2. The van der Waals surface area contributed by atoms with E-state index in [-0.39, 0.29) is 0 Å². The van der Waals surface area contributed by atoms with Crippen LogP contribution in [0.25, 0.3) is 11.0 Å². The number of fused-ring (bicyclic) bond motifs is 1. The van der Waals surface area contributed by atoms with Gasteiger partial charge in [-0.15, -0.1) is 0 Å². The van der Waals surface area contributed by atoms with Crippen molar-refractivity contribution in [2.45, 2.75) is 130 Å². The highest BCUT2D eigenvalue weighted by Crippen LogP contribution is 2.22. The summed E-state index contributed by atoms with van der Waals surface area (Å²) < 4.78 is 8.52. The second-order valence-electron chi connectivity index (χ2n) is 10.5. The van der Waals surface area contributed by atoms with Gasteiger partial charge in [-0.1, -0.05) is 134 Å². The SMILES string of the molecule is CCCCCCCCCCCCCCCCCCn1c(COc2ccccc2C)nc2ccccc21. The molecule has 0 radical (unpaired) electrons. The molecule has 0 aliphatic heterocycles. The molecule has 0 atom stereocenters. The Morgan fingerprint density at radius 1 is 0.639 bits per heavy atom. The predicted octanol–water partition coefficient (Wildman–Crippen LogP) is 10.2. The Morgan fingerprint density at radius 2 is 1.17 bits per heavy atom. The molecular weight excluding hydrogens is 440 g/mol. The van der Waals surface area contributed by atoms with Gasteiger partial charge in [0.2, 0.25) is 0 Å². The summed E-state index contributed by atoms with van der Waals surface area (Å²) in [6, 6.07) is 16.7. The molecule has 1 heterocycles. The van der Waals surface area contributed by atoms with Gasteiger partial charge in [0.05, 0.1) is 11.0 Å². The maximum atomic E-state index is 6.14. The van der Waals surface area contributed by atoms with Crippen LogP contribution in [0.4, 0.5) is 0 Å². The molecule has 0 amide bonds. The van der Waals surface area contributed by atoms with Crippen molar-refractivity contribution in [1.82, 2.24) is 9.55 Å². The van der Waals surface area contributed by atoms with Gasteiger partial charge in [0, 0.05) is 6.54 Å². The first-order chi connectivity index (χ1) is 17.8. The topological polar surface area (TPSA) is 27.1 Å². The number of unbranched alkanes of at least 4 members (excludes halogenated alkanes) is 15. The number of para-hydroxylation sites is 3. The molecule has 3 rings (SSSR count). The van der Waals surface area contributed by atoms with E-state index in [1.807, 2.05) is 12.1 Å². The van der Waals surface area contributed by atoms with Crippen LogP contribution in [-0.4, -0.2) is 9.55 Å². The summed E-state index contributed by atoms with van der Waals surface area (Å²) in [7, 11) is 0. The van der Waals surface area contributed by atoms with Gasteiger partial charge < -0.3 is 9.30 Å². The summed E-state index contributed by atoms with van der Waals surface area (Å²) in [5.41, 5.74) is 3.46. The van der Waals surface area contributed by atoms with Crippen LogP contribution >= 0.6 is 0 Å². The lowest BCUT2D eigenvalue weighted by molar-refractivity contribution is 0.287. The van der Waals surface area contributed by atoms with Crippen molar-refractivity contribution < 1.29 is 4.74 Å². The van der Waals surface area contributed by atoms with Crippen molar-refractivity contribution >= 4 is 11.0 Å². The minimum atomic E-state index is 0.512. The first-order valence-electron chi connectivity index (χ1n) is 14.9. The van der Waals surface area contributed by atoms with Gasteiger partial charge in [0.15, 0.2) is 0 Å². The molecular formula is C33H50N2O. The molecule has 0 unspecified atom stereocenters. The summed E-state index contributed by atoms with van der Waals surface area (Å²) in [5.74, 6) is 1.97. The van der Waals surface area contributed by atoms with E-state index in [9.17, 15) is 0 Å². The highest BCUT2D eigenvalue weighted by molar-refractivity contribution is 5.75. The van der Waals surface area contributed by atoms with Crippen LogP contribution in [0.3, 0.4) is 0 Å². The number of nitrogens with zero attached hydrogens (tertiary/aromatic N) is 2. The fraction of sp³-hybridized carbons (Fsp3) is 0.606. The van der Waals surface area contributed by atoms with Gasteiger partial charge in [0.1, 0.15) is 18.2 Å². The highest BCUT2D eigenvalue weighted by Gasteiger charge is 2.11. The van der Waals surface area contributed by atoms with Crippen LogP contribution in [0.1, 0.15) is 121 Å². The number of aromatic nitrogens is 2. The molecule has 3 nitrogen and oxygen atoms in total. The van der Waals surface area contributed by atoms with E-state index in [2.05, 4.69) is 54.8 Å². The Balaban J connectivity index is 1.28. The second kappa shape index (κ2) is 17.2. The largest absolute Gasteiger partial charge is 0.485 e. The normalized spacial score (nSPS) is 11.4. The van der Waals surface area contributed by atoms with Crippen LogP contribution in [0.5, 0.6) is 5.75 Å². The second-order valence-corrected chi connectivity index (χ2v) is 10.5. The Hall–Kier alpha value is -2.29. The Bertz CT molecular complexity index is 977. The van der Waals surface area contributed by atoms with Crippen molar-refractivity contribution in [2.24, 2.45) is 0 Å². The molecule has 0 N–H and O–H groups in total. The van der Waals surface area contributed by atoms with Gasteiger partial charge in [-0.25, -0.2) is 4.98 Å². The van der Waals surface area contributed by atoms with E-state index < -0.39 is 0 Å². The molecule has 0 aliphatic carbocycles. The first kappa shape index (κ1) is 28.3. The number of benzene rings is 2. The lowest BCUT2D eigenvalue weighted by Crippen LogP contribution is -2.08. The highest BCUT2D eigenvalue weighted by atomic mass is 16.5. The zero-order chi connectivity index (χ0) is 25.3. The lowest BCUT2D eigenvalue weighted by atomic mass is 10.0. The third-order valence-electron chi connectivity index (χ3n) is 7.42. The van der Waals surface area contributed by atoms with Gasteiger partial charge in [-0.05, 0) is 37.1 Å². The van der Waals surface area contributed by atoms with Crippen molar-refractivity contribution in [3.63, 3.8) is 0 Å². The molecule has 1 aromatic heterocycles. The van der Waals surface area contributed by atoms with Gasteiger partial charge in [0.25, 0.3) is 0 Å². The van der Waals surface area contributed by atoms with Crippen LogP contribution in [-0.2, 0) is 13.2 Å². The van der Waals surface area contributed by atoms with Crippen LogP contribution in [0.15, 0.2) is 48.5 Å². The lowest BCUT2D eigenvalue weighted by Gasteiger charge is -2.12. The molecule has 0 fully saturated rings. The Labute approximate surface area is 220 Å². The number of imidazole rings is 1. The van der Waals surface area contributed by atoms with E-state index in [4.69, 9.17) is 9.72 Å². The summed E-state index contributed by atoms with van der Waals surface area (Å²) in [4.78, 5) is 4.89. The molecule has 0 saturated heterocycles. The van der Waals surface area contributed by atoms with Crippen LogP contribution < -0.4 is 4.74 Å². The predicted molar refractivity (Wildman–Crippen MR) is 155 cm³/mol. The zero-order valence-corrected chi connectivity index (χ0v) is 23.1. The monoisotopic (exact) mass is 490 g/mol. The molecule has 36 heavy (non-hydrogen) atoms. The third-order valence-corrected chi connectivity index (χ3v) is 7.42. The summed E-state index contributed by atoms with van der Waals surface area (Å²) in [5, 5.41) is 0. The van der Waals surface area contributed by atoms with Gasteiger partial charge in [-0.2, -0.15) is 0 Å². The number of aryl methyl sites for hydroxylation is 2. The van der Waals surface area contributed by atoms with Crippen molar-refractivity contribution in [3.05, 3.63) is 59.9 Å². The van der Waals surface area contributed by atoms with E-state index in [1.54, 1.807) is 0 Å². The van der Waals surface area contributed by atoms with Crippen molar-refractivity contribution in [2.75, 3.05) is 0 Å². The smallest absolute Gasteiger partial charge is 0.147 e. The molecule has 3 aromatic rings. The number of rotatable bonds is 20. The standard InChI is InChI=1S/C33H50N2O/c1-3-4-5-6-7-8-9-10-11-12-13-14-15-16-17-22-27-35-31-25-20-19-24-30(31)34-33(35)28-36-32-26-21-18-23-29(32)2/h18-21,23-26H,3-17,22,27-28H2,1-2H3. The van der Waals surface area contributed by atoms with Gasteiger partial charge in [-0.3, -0.25) is 0 Å². The molecule has 198 valence electrons. The van der Waals surface area contributed by atoms with E-state index in [0.29, 0.717) is 6.61 Å². The van der Waals surface area contributed by atoms with Gasteiger partial charge >= 0.3 is 0 Å². The van der Waals surface area contributed by atoms with E-state index in [1.165, 1.54) is 108 Å². The van der Waals surface area contributed by atoms with Crippen LogP contribution in [0.2, 0.25) is 0 Å². The third kappa shape index (κ3) is 9.99. The van der Waals surface area contributed by atoms with E-state index >= 15 is 0 Å². The summed E-state index contributed by atoms with van der Waals surface area (Å²) >= 11 is 0. The fourth-order valence-corrected chi connectivity index (χ4v) is 5.16. The minimum Gasteiger partial charge on any atom is -0.485 e. The first-order valence-corrected chi connectivity index (χ1v) is 14.9. The summed E-state index contributed by atoms with van der Waals surface area (Å²) in [6.45, 7) is 5.92. The quantitative estimate of drug-likeness (QED) is 0.147. The number of ether oxygens (including phenoxy) is 1. The average molecular weight is 491 g/mol. The summed E-state index contributed by atoms with van der Waals surface area (Å²) in [6.07, 6.45) is 22.4. The molecule has 3 heteroatoms. The Morgan fingerprint density at radius 3 is 1.78 bits per heavy atom. The van der Waals surface area contributed by atoms with E-state index in [0.717, 1.165) is 29.2 Å². The average Bonchev–Trinajstić information content (AvgIpc) is 3.25. The fourth-order valence-electron chi connectivity index (χ4n) is 5.16. The number of hydrogen-bond donors (Lipinski definition) is 0. The minimum absolute atomic E-state index is 0.512. The molecule has 0 bridgehead atoms. The Kier molecular flexibility index (Phi) is 13.5. The zero-order valence-electron chi connectivity index (χ0n) is 23.1. The molecule has 2 aromatic carbocycles. The van der Waals surface area contributed by atoms with Crippen molar-refractivity contribution in [3.8, 4) is 5.75 Å². The molecule has 0 saturated carbocycles. The van der Waals surface area contributed by atoms with Crippen molar-refractivity contribution in [1.29, 1.82) is 0 Å². The molecule has 0 aliphatic rings. The maximum absolute atomic E-state index is 6.14. The maximum Gasteiger partial charge on any atom is 0.147 e. The van der Waals surface area contributed by atoms with Crippen LogP contribution in [0, 0.1) is 6.92 Å². The molecule has 0 spiro atoms.